The van der Waals surface area contributed by atoms with E-state index in [0.717, 1.165) is 13.1 Å². The minimum absolute atomic E-state index is 0.0296. The van der Waals surface area contributed by atoms with Crippen LogP contribution >= 0.6 is 11.6 Å². The fraction of sp³-hybridized carbons (Fsp3) is 0.538. The first-order valence-corrected chi connectivity index (χ1v) is 6.24. The Labute approximate surface area is 107 Å². The van der Waals surface area contributed by atoms with E-state index in [9.17, 15) is 4.39 Å². The monoisotopic (exact) mass is 256 g/mol. The van der Waals surface area contributed by atoms with Crippen LogP contribution in [-0.2, 0) is 0 Å². The van der Waals surface area contributed by atoms with Crippen molar-refractivity contribution >= 4 is 17.3 Å². The molecule has 1 aromatic carbocycles. The van der Waals surface area contributed by atoms with Gasteiger partial charge in [-0.2, -0.15) is 0 Å². The second-order valence-corrected chi connectivity index (χ2v) is 5.72. The van der Waals surface area contributed by atoms with E-state index in [0.29, 0.717) is 10.7 Å². The Kier molecular flexibility index (Phi) is 3.32. The molecule has 1 aromatic rings. The summed E-state index contributed by atoms with van der Waals surface area (Å²) in [7, 11) is 0. The number of benzene rings is 1. The molecule has 0 bridgehead atoms. The highest BCUT2D eigenvalue weighted by Gasteiger charge is 2.32. The van der Waals surface area contributed by atoms with Crippen molar-refractivity contribution < 1.29 is 4.39 Å². The molecule has 2 nitrogen and oxygen atoms in total. The molecule has 1 heterocycles. The number of hydrogen-bond acceptors (Lipinski definition) is 2. The van der Waals surface area contributed by atoms with Gasteiger partial charge >= 0.3 is 0 Å². The molecule has 0 aromatic heterocycles. The molecule has 1 saturated heterocycles. The fourth-order valence-corrected chi connectivity index (χ4v) is 2.51. The van der Waals surface area contributed by atoms with Crippen molar-refractivity contribution in [2.45, 2.75) is 32.4 Å². The lowest BCUT2D eigenvalue weighted by atomic mass is 9.98. The number of nitrogens with one attached hydrogen (secondary N) is 1. The Morgan fingerprint density at radius 2 is 2.18 bits per heavy atom. The second kappa shape index (κ2) is 4.46. The molecule has 0 aliphatic carbocycles. The molecule has 0 radical (unpaired) electrons. The normalized spacial score (nSPS) is 23.8. The predicted octanol–water partition coefficient (Wildman–Crippen LogP) is 3.06. The second-order valence-electron chi connectivity index (χ2n) is 5.31. The molecule has 1 N–H and O–H groups in total. The lowest BCUT2D eigenvalue weighted by Crippen LogP contribution is -2.61. The van der Waals surface area contributed by atoms with E-state index in [1.807, 2.05) is 4.90 Å². The van der Waals surface area contributed by atoms with E-state index >= 15 is 0 Å². The van der Waals surface area contributed by atoms with E-state index in [1.165, 1.54) is 6.07 Å². The van der Waals surface area contributed by atoms with E-state index in [2.05, 4.69) is 26.1 Å². The van der Waals surface area contributed by atoms with Crippen LogP contribution in [-0.4, -0.2) is 24.7 Å². The summed E-state index contributed by atoms with van der Waals surface area (Å²) in [5.74, 6) is -0.248. The largest absolute Gasteiger partial charge is 0.362 e. The molecule has 4 heteroatoms. The van der Waals surface area contributed by atoms with Gasteiger partial charge in [-0.05, 0) is 32.9 Å². The summed E-state index contributed by atoms with van der Waals surface area (Å²) in [4.78, 5) is 2.05. The van der Waals surface area contributed by atoms with Crippen LogP contribution in [0.3, 0.4) is 0 Å². The first-order valence-electron chi connectivity index (χ1n) is 5.86. The summed E-state index contributed by atoms with van der Waals surface area (Å²) in [6, 6.07) is 5.07. The predicted molar refractivity (Wildman–Crippen MR) is 70.3 cm³/mol. The van der Waals surface area contributed by atoms with Crippen LogP contribution in [0.25, 0.3) is 0 Å². The third kappa shape index (κ3) is 2.55. The molecule has 2 rings (SSSR count). The maximum atomic E-state index is 13.9. The van der Waals surface area contributed by atoms with Crippen molar-refractivity contribution in [1.29, 1.82) is 0 Å². The van der Waals surface area contributed by atoms with Gasteiger partial charge in [0.05, 0.1) is 10.7 Å². The van der Waals surface area contributed by atoms with Crippen LogP contribution in [0, 0.1) is 5.82 Å². The van der Waals surface area contributed by atoms with E-state index < -0.39 is 0 Å². The third-order valence-corrected chi connectivity index (χ3v) is 3.50. The summed E-state index contributed by atoms with van der Waals surface area (Å²) in [6.45, 7) is 7.87. The summed E-state index contributed by atoms with van der Waals surface area (Å²) in [5, 5.41) is 3.92. The lowest BCUT2D eigenvalue weighted by Gasteiger charge is -2.45. The Bertz CT molecular complexity index is 400. The van der Waals surface area contributed by atoms with Crippen molar-refractivity contribution in [2.24, 2.45) is 0 Å². The highest BCUT2D eigenvalue weighted by Crippen LogP contribution is 2.32. The van der Waals surface area contributed by atoms with E-state index in [1.54, 1.807) is 12.1 Å². The number of para-hydroxylation sites is 1. The lowest BCUT2D eigenvalue weighted by molar-refractivity contribution is 0.316. The molecule has 0 amide bonds. The quantitative estimate of drug-likeness (QED) is 0.831. The van der Waals surface area contributed by atoms with Crippen LogP contribution in [0.4, 0.5) is 10.1 Å². The zero-order valence-electron chi connectivity index (χ0n) is 10.4. The molecular weight excluding hydrogens is 239 g/mol. The summed E-state index contributed by atoms with van der Waals surface area (Å²) >= 11 is 6.12. The summed E-state index contributed by atoms with van der Waals surface area (Å²) in [6.07, 6.45) is 0. The first kappa shape index (κ1) is 12.7. The highest BCUT2D eigenvalue weighted by atomic mass is 35.5. The minimum Gasteiger partial charge on any atom is -0.362 e. The molecule has 17 heavy (non-hydrogen) atoms. The molecule has 1 fully saturated rings. The first-order chi connectivity index (χ1) is 7.91. The molecule has 1 aliphatic rings. The average Bonchev–Trinajstić information content (AvgIpc) is 2.23. The fourth-order valence-electron chi connectivity index (χ4n) is 2.23. The number of nitrogens with zero attached hydrogens (tertiary/aromatic N) is 1. The van der Waals surface area contributed by atoms with Crippen LogP contribution in [0.15, 0.2) is 18.2 Å². The minimum atomic E-state index is -0.248. The van der Waals surface area contributed by atoms with Crippen LogP contribution in [0.2, 0.25) is 5.02 Å². The zero-order valence-corrected chi connectivity index (χ0v) is 11.2. The number of halogens is 2. The zero-order chi connectivity index (χ0) is 12.6. The van der Waals surface area contributed by atoms with Crippen molar-refractivity contribution in [1.82, 2.24) is 5.32 Å². The standard InChI is InChI=1S/C13H18ClFN2/c1-9-7-16-13(2,3)8-17(9)12-10(14)5-4-6-11(12)15/h4-6,9,16H,7-8H2,1-3H3. The topological polar surface area (TPSA) is 15.3 Å². The van der Waals surface area contributed by atoms with Gasteiger partial charge in [0.1, 0.15) is 5.82 Å². The summed E-state index contributed by atoms with van der Waals surface area (Å²) < 4.78 is 13.9. The van der Waals surface area contributed by atoms with E-state index in [4.69, 9.17) is 11.6 Å². The van der Waals surface area contributed by atoms with Crippen LogP contribution in [0.5, 0.6) is 0 Å². The maximum Gasteiger partial charge on any atom is 0.148 e. The summed E-state index contributed by atoms with van der Waals surface area (Å²) in [5.41, 5.74) is 0.495. The Hall–Kier alpha value is -0.800. The Morgan fingerprint density at radius 1 is 1.47 bits per heavy atom. The maximum absolute atomic E-state index is 13.9. The number of anilines is 1. The van der Waals surface area contributed by atoms with E-state index in [-0.39, 0.29) is 17.4 Å². The SMILES string of the molecule is CC1CNC(C)(C)CN1c1c(F)cccc1Cl. The van der Waals surface area contributed by atoms with Crippen LogP contribution < -0.4 is 10.2 Å². The van der Waals surface area contributed by atoms with Crippen molar-refractivity contribution in [3.63, 3.8) is 0 Å². The number of rotatable bonds is 1. The van der Waals surface area contributed by atoms with Gasteiger partial charge in [0.2, 0.25) is 0 Å². The van der Waals surface area contributed by atoms with Crippen molar-refractivity contribution in [3.8, 4) is 0 Å². The smallest absolute Gasteiger partial charge is 0.148 e. The van der Waals surface area contributed by atoms with Gasteiger partial charge in [-0.1, -0.05) is 17.7 Å². The van der Waals surface area contributed by atoms with Gasteiger partial charge in [-0.25, -0.2) is 4.39 Å². The number of piperazine rings is 1. The highest BCUT2D eigenvalue weighted by molar-refractivity contribution is 6.33. The van der Waals surface area contributed by atoms with Gasteiger partial charge in [-0.15, -0.1) is 0 Å². The molecule has 0 spiro atoms. The molecule has 1 unspecified atom stereocenters. The molecule has 94 valence electrons. The van der Waals surface area contributed by atoms with Gasteiger partial charge in [0, 0.05) is 24.7 Å². The average molecular weight is 257 g/mol. The van der Waals surface area contributed by atoms with Crippen molar-refractivity contribution in [2.75, 3.05) is 18.0 Å². The van der Waals surface area contributed by atoms with Gasteiger partial charge < -0.3 is 10.2 Å². The van der Waals surface area contributed by atoms with Crippen LogP contribution in [0.1, 0.15) is 20.8 Å². The Morgan fingerprint density at radius 3 is 2.82 bits per heavy atom. The van der Waals surface area contributed by atoms with Gasteiger partial charge in [0.25, 0.3) is 0 Å². The molecule has 1 atom stereocenters. The van der Waals surface area contributed by atoms with Gasteiger partial charge in [-0.3, -0.25) is 0 Å². The Balaban J connectivity index is 2.37. The van der Waals surface area contributed by atoms with Gasteiger partial charge in [0.15, 0.2) is 0 Å². The molecule has 1 aliphatic heterocycles. The molecule has 0 saturated carbocycles. The van der Waals surface area contributed by atoms with Crippen molar-refractivity contribution in [3.05, 3.63) is 29.0 Å². The molecular formula is C13H18ClFN2. The third-order valence-electron chi connectivity index (χ3n) is 3.20. The number of hydrogen-bond donors (Lipinski definition) is 1.